The summed E-state index contributed by atoms with van der Waals surface area (Å²) in [6, 6.07) is 4.40. The fraction of sp³-hybridized carbons (Fsp3) is 0.643. The van der Waals surface area contributed by atoms with Crippen molar-refractivity contribution in [3.63, 3.8) is 0 Å². The Kier molecular flexibility index (Phi) is 4.99. The monoisotopic (exact) mass is 298 g/mol. The number of nitrogens with one attached hydrogen (secondary N) is 1. The molecule has 0 bridgehead atoms. The van der Waals surface area contributed by atoms with Gasteiger partial charge in [0, 0.05) is 12.6 Å². The fourth-order valence-corrected chi connectivity index (χ4v) is 2.44. The Morgan fingerprint density at radius 1 is 1.40 bits per heavy atom. The second kappa shape index (κ2) is 6.54. The molecule has 0 spiro atoms. The van der Waals surface area contributed by atoms with Crippen LogP contribution in [0.15, 0.2) is 18.3 Å². The van der Waals surface area contributed by atoms with E-state index in [0.717, 1.165) is 12.2 Å². The molecular formula is C14H22N2O3S. The highest BCUT2D eigenvalue weighted by molar-refractivity contribution is 7.91. The zero-order valence-corrected chi connectivity index (χ0v) is 12.8. The minimum absolute atomic E-state index is 0.0374. The van der Waals surface area contributed by atoms with Crippen LogP contribution in [0, 0.1) is 0 Å². The molecule has 1 aliphatic rings. The highest BCUT2D eigenvalue weighted by atomic mass is 32.2. The molecule has 1 aromatic heterocycles. The zero-order valence-electron chi connectivity index (χ0n) is 12.0. The minimum Gasteiger partial charge on any atom is -0.491 e. The van der Waals surface area contributed by atoms with Gasteiger partial charge in [0.1, 0.15) is 12.4 Å². The molecule has 0 amide bonds. The molecule has 1 aromatic rings. The largest absolute Gasteiger partial charge is 0.491 e. The SMILES string of the molecule is CC(C)S(=O)(=O)CCOc1ccc(CNC2CC2)nc1. The summed E-state index contributed by atoms with van der Waals surface area (Å²) in [4.78, 5) is 4.29. The number of sulfone groups is 1. The third kappa shape index (κ3) is 4.76. The molecular weight excluding hydrogens is 276 g/mol. The average molecular weight is 298 g/mol. The quantitative estimate of drug-likeness (QED) is 0.788. The lowest BCUT2D eigenvalue weighted by Gasteiger charge is -2.09. The normalized spacial score (nSPS) is 15.6. The van der Waals surface area contributed by atoms with E-state index in [1.54, 1.807) is 20.0 Å². The molecule has 112 valence electrons. The summed E-state index contributed by atoms with van der Waals surface area (Å²) in [5.41, 5.74) is 0.971. The lowest BCUT2D eigenvalue weighted by atomic mass is 10.3. The molecule has 0 aromatic carbocycles. The van der Waals surface area contributed by atoms with E-state index in [0.29, 0.717) is 11.8 Å². The molecule has 2 rings (SSSR count). The summed E-state index contributed by atoms with van der Waals surface area (Å²) in [5, 5.41) is 3.02. The van der Waals surface area contributed by atoms with E-state index in [9.17, 15) is 8.42 Å². The van der Waals surface area contributed by atoms with E-state index < -0.39 is 9.84 Å². The topological polar surface area (TPSA) is 68.3 Å². The zero-order chi connectivity index (χ0) is 14.6. The Bertz CT molecular complexity index is 522. The van der Waals surface area contributed by atoms with Crippen molar-refractivity contribution in [2.75, 3.05) is 12.4 Å². The number of nitrogens with zero attached hydrogens (tertiary/aromatic N) is 1. The Balaban J connectivity index is 1.75. The van der Waals surface area contributed by atoms with Crippen LogP contribution in [-0.4, -0.2) is 37.1 Å². The van der Waals surface area contributed by atoms with Gasteiger partial charge in [-0.2, -0.15) is 0 Å². The van der Waals surface area contributed by atoms with Gasteiger partial charge < -0.3 is 10.1 Å². The molecule has 1 N–H and O–H groups in total. The van der Waals surface area contributed by atoms with Crippen molar-refractivity contribution in [3.8, 4) is 5.75 Å². The molecule has 0 aliphatic heterocycles. The van der Waals surface area contributed by atoms with Gasteiger partial charge in [-0.3, -0.25) is 4.98 Å². The lowest BCUT2D eigenvalue weighted by molar-refractivity contribution is 0.339. The van der Waals surface area contributed by atoms with Gasteiger partial charge in [-0.1, -0.05) is 0 Å². The third-order valence-corrected chi connectivity index (χ3v) is 5.47. The number of pyridine rings is 1. The summed E-state index contributed by atoms with van der Waals surface area (Å²) in [5.74, 6) is 0.648. The number of aromatic nitrogens is 1. The molecule has 6 heteroatoms. The van der Waals surface area contributed by atoms with Gasteiger partial charge in [0.05, 0.1) is 22.9 Å². The van der Waals surface area contributed by atoms with Crippen LogP contribution in [0.2, 0.25) is 0 Å². The Labute approximate surface area is 120 Å². The first-order valence-corrected chi connectivity index (χ1v) is 8.71. The Hall–Kier alpha value is -1.14. The number of hydrogen-bond acceptors (Lipinski definition) is 5. The van der Waals surface area contributed by atoms with Crippen molar-refractivity contribution in [2.45, 2.75) is 44.5 Å². The smallest absolute Gasteiger partial charge is 0.155 e. The molecule has 0 radical (unpaired) electrons. The standard InChI is InChI=1S/C14H22N2O3S/c1-11(2)20(17,18)8-7-19-14-6-5-13(16-10-14)9-15-12-3-4-12/h5-6,10-12,15H,3-4,7-9H2,1-2H3. The van der Waals surface area contributed by atoms with Gasteiger partial charge in [-0.05, 0) is 38.8 Å². The van der Waals surface area contributed by atoms with Crippen molar-refractivity contribution in [1.82, 2.24) is 10.3 Å². The second-order valence-corrected chi connectivity index (χ2v) is 8.08. The highest BCUT2D eigenvalue weighted by Gasteiger charge is 2.20. The van der Waals surface area contributed by atoms with E-state index in [1.165, 1.54) is 12.8 Å². The van der Waals surface area contributed by atoms with Gasteiger partial charge in [0.15, 0.2) is 9.84 Å². The summed E-state index contributed by atoms with van der Waals surface area (Å²) < 4.78 is 28.7. The summed E-state index contributed by atoms with van der Waals surface area (Å²) >= 11 is 0. The Morgan fingerprint density at radius 2 is 2.15 bits per heavy atom. The molecule has 20 heavy (non-hydrogen) atoms. The summed E-state index contributed by atoms with van der Waals surface area (Å²) in [6.45, 7) is 4.30. The minimum atomic E-state index is -3.04. The van der Waals surface area contributed by atoms with Crippen molar-refractivity contribution in [2.24, 2.45) is 0 Å². The van der Waals surface area contributed by atoms with Gasteiger partial charge in [-0.25, -0.2) is 8.42 Å². The van der Waals surface area contributed by atoms with Crippen LogP contribution >= 0.6 is 0 Å². The Morgan fingerprint density at radius 3 is 2.70 bits per heavy atom. The van der Waals surface area contributed by atoms with Gasteiger partial charge in [0.2, 0.25) is 0 Å². The van der Waals surface area contributed by atoms with Crippen LogP contribution in [-0.2, 0) is 16.4 Å². The van der Waals surface area contributed by atoms with Gasteiger partial charge in [0.25, 0.3) is 0 Å². The van der Waals surface area contributed by atoms with Crippen molar-refractivity contribution in [3.05, 3.63) is 24.0 Å². The average Bonchev–Trinajstić information content (AvgIpc) is 3.21. The molecule has 1 saturated carbocycles. The first-order chi connectivity index (χ1) is 9.47. The maximum atomic E-state index is 11.6. The van der Waals surface area contributed by atoms with E-state index in [-0.39, 0.29) is 17.6 Å². The maximum absolute atomic E-state index is 11.6. The maximum Gasteiger partial charge on any atom is 0.155 e. The fourth-order valence-electron chi connectivity index (χ4n) is 1.65. The van der Waals surface area contributed by atoms with Crippen LogP contribution in [0.1, 0.15) is 32.4 Å². The van der Waals surface area contributed by atoms with Crippen LogP contribution in [0.5, 0.6) is 5.75 Å². The van der Waals surface area contributed by atoms with Gasteiger partial charge >= 0.3 is 0 Å². The van der Waals surface area contributed by atoms with E-state index in [1.807, 2.05) is 12.1 Å². The van der Waals surface area contributed by atoms with Crippen LogP contribution in [0.4, 0.5) is 0 Å². The van der Waals surface area contributed by atoms with E-state index in [4.69, 9.17) is 4.74 Å². The number of rotatable bonds is 8. The van der Waals surface area contributed by atoms with Gasteiger partial charge in [-0.15, -0.1) is 0 Å². The van der Waals surface area contributed by atoms with Crippen LogP contribution in [0.25, 0.3) is 0 Å². The van der Waals surface area contributed by atoms with E-state index >= 15 is 0 Å². The summed E-state index contributed by atoms with van der Waals surface area (Å²) in [7, 11) is -3.04. The number of ether oxygens (including phenoxy) is 1. The summed E-state index contributed by atoms with van der Waals surface area (Å²) in [6.07, 6.45) is 4.16. The van der Waals surface area contributed by atoms with Crippen molar-refractivity contribution >= 4 is 9.84 Å². The first-order valence-electron chi connectivity index (χ1n) is 7.00. The lowest BCUT2D eigenvalue weighted by Crippen LogP contribution is -2.22. The molecule has 0 atom stereocenters. The molecule has 1 heterocycles. The third-order valence-electron chi connectivity index (χ3n) is 3.30. The molecule has 0 unspecified atom stereocenters. The van der Waals surface area contributed by atoms with E-state index in [2.05, 4.69) is 10.3 Å². The predicted octanol–water partition coefficient (Wildman–Crippen LogP) is 1.54. The molecule has 1 fully saturated rings. The van der Waals surface area contributed by atoms with Crippen molar-refractivity contribution in [1.29, 1.82) is 0 Å². The molecule has 5 nitrogen and oxygen atoms in total. The van der Waals surface area contributed by atoms with Crippen LogP contribution < -0.4 is 10.1 Å². The predicted molar refractivity (Wildman–Crippen MR) is 78.5 cm³/mol. The molecule has 1 aliphatic carbocycles. The van der Waals surface area contributed by atoms with Crippen molar-refractivity contribution < 1.29 is 13.2 Å². The first kappa shape index (κ1) is 15.3. The second-order valence-electron chi connectivity index (χ2n) is 5.40. The highest BCUT2D eigenvalue weighted by Crippen LogP contribution is 2.19. The molecule has 0 saturated heterocycles. The van der Waals surface area contributed by atoms with Crippen LogP contribution in [0.3, 0.4) is 0 Å². The number of hydrogen-bond donors (Lipinski definition) is 1.